The molecule has 1 aliphatic heterocycles. The summed E-state index contributed by atoms with van der Waals surface area (Å²) in [6.07, 6.45) is 0. The van der Waals surface area contributed by atoms with Crippen molar-refractivity contribution < 1.29 is 14.2 Å². The number of ether oxygens (including phenoxy) is 3. The van der Waals surface area contributed by atoms with Crippen molar-refractivity contribution in [1.29, 1.82) is 0 Å². The van der Waals surface area contributed by atoms with Crippen LogP contribution in [0.5, 0.6) is 17.2 Å². The minimum atomic E-state index is -0.112. The Kier molecular flexibility index (Phi) is 4.39. The maximum absolute atomic E-state index is 13.4. The molecule has 0 aliphatic carbocycles. The topological polar surface area (TPSA) is 62.6 Å². The summed E-state index contributed by atoms with van der Waals surface area (Å²) in [6, 6.07) is 18.7. The number of para-hydroxylation sites is 1. The molecule has 4 aromatic rings. The first-order valence-corrected chi connectivity index (χ1v) is 9.71. The monoisotopic (exact) mass is 400 g/mol. The number of rotatable bonds is 4. The van der Waals surface area contributed by atoms with Gasteiger partial charge >= 0.3 is 0 Å². The molecule has 1 aliphatic rings. The summed E-state index contributed by atoms with van der Waals surface area (Å²) in [5.41, 5.74) is 3.48. The smallest absolute Gasteiger partial charge is 0.266 e. The summed E-state index contributed by atoms with van der Waals surface area (Å²) in [4.78, 5) is 18.2. The fraction of sp³-hybridized carbons (Fsp3) is 0.167. The zero-order chi connectivity index (χ0) is 20.7. The molecule has 2 heterocycles. The third-order valence-corrected chi connectivity index (χ3v) is 5.37. The second-order valence-electron chi connectivity index (χ2n) is 7.21. The van der Waals surface area contributed by atoms with Crippen LogP contribution in [0.3, 0.4) is 0 Å². The summed E-state index contributed by atoms with van der Waals surface area (Å²) in [5.74, 6) is 2.49. The Morgan fingerprint density at radius 3 is 2.73 bits per heavy atom. The van der Waals surface area contributed by atoms with Gasteiger partial charge in [0, 0.05) is 6.07 Å². The first-order chi connectivity index (χ1) is 14.6. The Balaban J connectivity index is 1.61. The molecule has 1 aromatic heterocycles. The van der Waals surface area contributed by atoms with Crippen LogP contribution in [-0.4, -0.2) is 16.3 Å². The zero-order valence-electron chi connectivity index (χ0n) is 16.7. The average molecular weight is 400 g/mol. The third-order valence-electron chi connectivity index (χ3n) is 5.37. The number of benzene rings is 3. The molecule has 0 atom stereocenters. The van der Waals surface area contributed by atoms with Gasteiger partial charge in [-0.1, -0.05) is 24.3 Å². The molecule has 5 rings (SSSR count). The largest absolute Gasteiger partial charge is 0.486 e. The van der Waals surface area contributed by atoms with Gasteiger partial charge in [-0.3, -0.25) is 9.36 Å². The second-order valence-corrected chi connectivity index (χ2v) is 7.21. The SMILES string of the molecule is Cc1cccc(-n2c(COc3ccc4c(c3)OCO4)nc3ccccc3c2=O)c1C. The first kappa shape index (κ1) is 18.2. The lowest BCUT2D eigenvalue weighted by molar-refractivity contribution is 0.173. The fourth-order valence-electron chi connectivity index (χ4n) is 3.62. The van der Waals surface area contributed by atoms with E-state index in [9.17, 15) is 4.79 Å². The second kappa shape index (κ2) is 7.22. The van der Waals surface area contributed by atoms with Crippen LogP contribution in [0.2, 0.25) is 0 Å². The van der Waals surface area contributed by atoms with Crippen LogP contribution in [0.15, 0.2) is 65.5 Å². The summed E-state index contributed by atoms with van der Waals surface area (Å²) < 4.78 is 18.4. The fourth-order valence-corrected chi connectivity index (χ4v) is 3.62. The van der Waals surface area contributed by atoms with Crippen molar-refractivity contribution in [3.63, 3.8) is 0 Å². The van der Waals surface area contributed by atoms with Gasteiger partial charge in [0.2, 0.25) is 6.79 Å². The van der Waals surface area contributed by atoms with Crippen LogP contribution in [0, 0.1) is 13.8 Å². The van der Waals surface area contributed by atoms with Crippen molar-refractivity contribution >= 4 is 10.9 Å². The van der Waals surface area contributed by atoms with E-state index in [2.05, 4.69) is 0 Å². The predicted octanol–water partition coefficient (Wildman–Crippen LogP) is 4.31. The van der Waals surface area contributed by atoms with Gasteiger partial charge in [-0.15, -0.1) is 0 Å². The van der Waals surface area contributed by atoms with Crippen molar-refractivity contribution in [3.8, 4) is 22.9 Å². The van der Waals surface area contributed by atoms with Crippen LogP contribution >= 0.6 is 0 Å². The molecule has 0 bridgehead atoms. The number of fused-ring (bicyclic) bond motifs is 2. The normalized spacial score (nSPS) is 12.3. The van der Waals surface area contributed by atoms with Crippen LogP contribution < -0.4 is 19.8 Å². The highest BCUT2D eigenvalue weighted by Gasteiger charge is 2.17. The molecule has 0 fully saturated rings. The number of hydrogen-bond donors (Lipinski definition) is 0. The lowest BCUT2D eigenvalue weighted by Gasteiger charge is -2.17. The van der Waals surface area contributed by atoms with Crippen molar-refractivity contribution in [2.24, 2.45) is 0 Å². The van der Waals surface area contributed by atoms with Crippen molar-refractivity contribution in [1.82, 2.24) is 9.55 Å². The Morgan fingerprint density at radius 2 is 1.83 bits per heavy atom. The average Bonchev–Trinajstić information content (AvgIpc) is 3.23. The van der Waals surface area contributed by atoms with Crippen LogP contribution in [-0.2, 0) is 6.61 Å². The van der Waals surface area contributed by atoms with Gasteiger partial charge in [0.1, 0.15) is 12.4 Å². The molecule has 0 saturated heterocycles. The molecule has 6 heteroatoms. The van der Waals surface area contributed by atoms with E-state index in [0.717, 1.165) is 16.8 Å². The summed E-state index contributed by atoms with van der Waals surface area (Å²) in [6.45, 7) is 4.38. The number of aromatic nitrogens is 2. The molecule has 0 spiro atoms. The Hall–Kier alpha value is -3.80. The molecule has 0 N–H and O–H groups in total. The molecule has 3 aromatic carbocycles. The van der Waals surface area contributed by atoms with Gasteiger partial charge < -0.3 is 14.2 Å². The van der Waals surface area contributed by atoms with Gasteiger partial charge in [-0.2, -0.15) is 0 Å². The lowest BCUT2D eigenvalue weighted by Crippen LogP contribution is -2.25. The van der Waals surface area contributed by atoms with Gasteiger partial charge in [-0.25, -0.2) is 4.98 Å². The van der Waals surface area contributed by atoms with Crippen molar-refractivity contribution in [2.75, 3.05) is 6.79 Å². The van der Waals surface area contributed by atoms with Crippen LogP contribution in [0.4, 0.5) is 0 Å². The van der Waals surface area contributed by atoms with Gasteiger partial charge in [-0.05, 0) is 55.3 Å². The summed E-state index contributed by atoms with van der Waals surface area (Å²) in [5, 5.41) is 0.574. The van der Waals surface area contributed by atoms with Crippen molar-refractivity contribution in [2.45, 2.75) is 20.5 Å². The van der Waals surface area contributed by atoms with E-state index in [1.54, 1.807) is 16.7 Å². The van der Waals surface area contributed by atoms with E-state index in [0.29, 0.717) is 34.0 Å². The van der Waals surface area contributed by atoms with Crippen molar-refractivity contribution in [3.05, 3.63) is 88.0 Å². The Bertz CT molecular complexity index is 1330. The standard InChI is InChI=1S/C24H20N2O4/c1-15-6-5-9-20(16(15)2)26-23(25-19-8-4-3-7-18(19)24(26)27)13-28-17-10-11-21-22(12-17)30-14-29-21/h3-12H,13-14H2,1-2H3. The molecular formula is C24H20N2O4. The molecule has 0 unspecified atom stereocenters. The number of aryl methyl sites for hydroxylation is 1. The Morgan fingerprint density at radius 1 is 1.00 bits per heavy atom. The Labute approximate surface area is 173 Å². The molecular weight excluding hydrogens is 380 g/mol. The maximum Gasteiger partial charge on any atom is 0.266 e. The summed E-state index contributed by atoms with van der Waals surface area (Å²) >= 11 is 0. The van der Waals surface area contributed by atoms with Crippen LogP contribution in [0.25, 0.3) is 16.6 Å². The van der Waals surface area contributed by atoms with E-state index in [4.69, 9.17) is 19.2 Å². The predicted molar refractivity (Wildman–Crippen MR) is 114 cm³/mol. The van der Waals surface area contributed by atoms with E-state index < -0.39 is 0 Å². The molecule has 0 radical (unpaired) electrons. The third kappa shape index (κ3) is 3.06. The molecule has 0 saturated carbocycles. The lowest BCUT2D eigenvalue weighted by atomic mass is 10.1. The molecule has 0 amide bonds. The highest BCUT2D eigenvalue weighted by Crippen LogP contribution is 2.35. The van der Waals surface area contributed by atoms with E-state index in [1.807, 2.05) is 62.4 Å². The van der Waals surface area contributed by atoms with Gasteiger partial charge in [0.05, 0.1) is 16.6 Å². The van der Waals surface area contributed by atoms with E-state index >= 15 is 0 Å². The van der Waals surface area contributed by atoms with E-state index in [1.165, 1.54) is 0 Å². The molecule has 30 heavy (non-hydrogen) atoms. The minimum absolute atomic E-state index is 0.112. The zero-order valence-corrected chi connectivity index (χ0v) is 16.7. The first-order valence-electron chi connectivity index (χ1n) is 9.71. The molecule has 150 valence electrons. The van der Waals surface area contributed by atoms with Crippen LogP contribution in [0.1, 0.15) is 17.0 Å². The van der Waals surface area contributed by atoms with Gasteiger partial charge in [0.25, 0.3) is 5.56 Å². The molecule has 6 nitrogen and oxygen atoms in total. The number of nitrogens with zero attached hydrogens (tertiary/aromatic N) is 2. The van der Waals surface area contributed by atoms with E-state index in [-0.39, 0.29) is 19.0 Å². The highest BCUT2D eigenvalue weighted by molar-refractivity contribution is 5.78. The highest BCUT2D eigenvalue weighted by atomic mass is 16.7. The quantitative estimate of drug-likeness (QED) is 0.511. The minimum Gasteiger partial charge on any atom is -0.486 e. The van der Waals surface area contributed by atoms with Gasteiger partial charge in [0.15, 0.2) is 17.3 Å². The summed E-state index contributed by atoms with van der Waals surface area (Å²) in [7, 11) is 0. The maximum atomic E-state index is 13.4. The number of hydrogen-bond acceptors (Lipinski definition) is 5.